The molecule has 0 unspecified atom stereocenters. The largest absolute Gasteiger partial charge is 0.488 e. The standard InChI is InChI=1S/C28H25FN2O4S/c1-2-34-28(33)25-21-11-5-8-14-24(21)36-27(25)31-26(32)20(16-30)15-18-9-4-7-13-23(18)35-17-19-10-3-6-12-22(19)29/h3-4,6-7,9-10,12-13,15H,2,5,8,11,14,17H2,1H3,(H,31,32)/b20-15+. The normalized spacial score (nSPS) is 12.9. The predicted octanol–water partition coefficient (Wildman–Crippen LogP) is 6.07. The lowest BCUT2D eigenvalue weighted by atomic mass is 9.95. The van der Waals surface area contributed by atoms with E-state index < -0.39 is 11.9 Å². The van der Waals surface area contributed by atoms with Crippen molar-refractivity contribution in [3.63, 3.8) is 0 Å². The molecule has 1 aliphatic rings. The highest BCUT2D eigenvalue weighted by atomic mass is 32.1. The van der Waals surface area contributed by atoms with E-state index in [4.69, 9.17) is 9.47 Å². The third-order valence-electron chi connectivity index (χ3n) is 5.80. The first-order valence-electron chi connectivity index (χ1n) is 11.7. The van der Waals surface area contributed by atoms with Crippen LogP contribution in [-0.4, -0.2) is 18.5 Å². The highest BCUT2D eigenvalue weighted by molar-refractivity contribution is 7.17. The van der Waals surface area contributed by atoms with Crippen LogP contribution in [-0.2, 0) is 29.0 Å². The van der Waals surface area contributed by atoms with Crippen molar-refractivity contribution < 1.29 is 23.5 Å². The fourth-order valence-corrected chi connectivity index (χ4v) is 5.32. The minimum atomic E-state index is -0.634. The molecule has 0 radical (unpaired) electrons. The summed E-state index contributed by atoms with van der Waals surface area (Å²) >= 11 is 1.36. The van der Waals surface area contributed by atoms with E-state index in [0.717, 1.165) is 36.1 Å². The number of carbonyl (C=O) groups is 2. The molecule has 1 heterocycles. The molecule has 6 nitrogen and oxygen atoms in total. The lowest BCUT2D eigenvalue weighted by Crippen LogP contribution is -2.16. The lowest BCUT2D eigenvalue weighted by Gasteiger charge is -2.12. The monoisotopic (exact) mass is 504 g/mol. The van der Waals surface area contributed by atoms with Crippen molar-refractivity contribution in [1.82, 2.24) is 0 Å². The van der Waals surface area contributed by atoms with Crippen LogP contribution in [0.4, 0.5) is 9.39 Å². The number of halogens is 1. The van der Waals surface area contributed by atoms with Crippen LogP contribution in [0.25, 0.3) is 6.08 Å². The van der Waals surface area contributed by atoms with Gasteiger partial charge in [0, 0.05) is 16.0 Å². The van der Waals surface area contributed by atoms with Gasteiger partial charge in [-0.05, 0) is 56.4 Å². The number of thiophene rings is 1. The number of ether oxygens (including phenoxy) is 2. The second-order valence-electron chi connectivity index (χ2n) is 8.18. The summed E-state index contributed by atoms with van der Waals surface area (Å²) in [6.07, 6.45) is 5.01. The molecule has 0 bridgehead atoms. The molecule has 1 amide bonds. The quantitative estimate of drug-likeness (QED) is 0.229. The number of fused-ring (bicyclic) bond motifs is 1. The molecule has 0 aliphatic heterocycles. The Morgan fingerprint density at radius 3 is 2.67 bits per heavy atom. The third kappa shape index (κ3) is 5.64. The fourth-order valence-electron chi connectivity index (χ4n) is 4.05. The Bertz CT molecular complexity index is 1360. The number of anilines is 1. The number of aryl methyl sites for hydroxylation is 1. The van der Waals surface area contributed by atoms with E-state index in [1.54, 1.807) is 49.4 Å². The van der Waals surface area contributed by atoms with Crippen LogP contribution in [0.15, 0.2) is 54.1 Å². The average Bonchev–Trinajstić information content (AvgIpc) is 3.25. The molecule has 184 valence electrons. The Kier molecular flexibility index (Phi) is 8.13. The van der Waals surface area contributed by atoms with Crippen molar-refractivity contribution in [1.29, 1.82) is 5.26 Å². The molecule has 0 atom stereocenters. The third-order valence-corrected chi connectivity index (χ3v) is 7.01. The van der Waals surface area contributed by atoms with E-state index in [-0.39, 0.29) is 24.6 Å². The second-order valence-corrected chi connectivity index (χ2v) is 9.28. The Morgan fingerprint density at radius 1 is 1.14 bits per heavy atom. The summed E-state index contributed by atoms with van der Waals surface area (Å²) < 4.78 is 25.0. The SMILES string of the molecule is CCOC(=O)c1c(NC(=O)/C(C#N)=C/c2ccccc2OCc2ccccc2F)sc2c1CCCC2. The van der Waals surface area contributed by atoms with Crippen LogP contribution in [0.3, 0.4) is 0 Å². The van der Waals surface area contributed by atoms with Crippen LogP contribution in [0.2, 0.25) is 0 Å². The van der Waals surface area contributed by atoms with Crippen LogP contribution in [0, 0.1) is 17.1 Å². The number of hydrogen-bond acceptors (Lipinski definition) is 6. The van der Waals surface area contributed by atoms with Gasteiger partial charge in [-0.1, -0.05) is 36.4 Å². The number of para-hydroxylation sites is 1. The van der Waals surface area contributed by atoms with Gasteiger partial charge in [0.15, 0.2) is 0 Å². The van der Waals surface area contributed by atoms with Crippen LogP contribution in [0.5, 0.6) is 5.75 Å². The Balaban J connectivity index is 1.58. The van der Waals surface area contributed by atoms with Gasteiger partial charge in [-0.3, -0.25) is 4.79 Å². The minimum absolute atomic E-state index is 0.00470. The van der Waals surface area contributed by atoms with Crippen molar-refractivity contribution in [3.05, 3.63) is 87.1 Å². The maximum Gasteiger partial charge on any atom is 0.341 e. The Morgan fingerprint density at radius 2 is 1.89 bits per heavy atom. The van der Waals surface area contributed by atoms with E-state index >= 15 is 0 Å². The van der Waals surface area contributed by atoms with Crippen molar-refractivity contribution in [2.24, 2.45) is 0 Å². The smallest absolute Gasteiger partial charge is 0.341 e. The number of nitrogens with one attached hydrogen (secondary N) is 1. The number of hydrogen-bond donors (Lipinski definition) is 1. The second kappa shape index (κ2) is 11.6. The summed E-state index contributed by atoms with van der Waals surface area (Å²) in [5, 5.41) is 12.9. The van der Waals surface area contributed by atoms with E-state index in [1.165, 1.54) is 23.5 Å². The first-order valence-corrected chi connectivity index (χ1v) is 12.5. The van der Waals surface area contributed by atoms with Crippen LogP contribution in [0.1, 0.15) is 51.7 Å². The van der Waals surface area contributed by atoms with E-state index in [9.17, 15) is 19.2 Å². The summed E-state index contributed by atoms with van der Waals surface area (Å²) in [4.78, 5) is 26.8. The molecular formula is C28H25FN2O4S. The van der Waals surface area contributed by atoms with Gasteiger partial charge in [-0.25, -0.2) is 9.18 Å². The van der Waals surface area contributed by atoms with Gasteiger partial charge in [-0.2, -0.15) is 5.26 Å². The highest BCUT2D eigenvalue weighted by Crippen LogP contribution is 2.39. The maximum absolute atomic E-state index is 14.0. The molecule has 8 heteroatoms. The molecule has 3 aromatic rings. The van der Waals surface area contributed by atoms with Crippen molar-refractivity contribution in [2.75, 3.05) is 11.9 Å². The molecule has 0 saturated heterocycles. The van der Waals surface area contributed by atoms with Gasteiger partial charge in [0.25, 0.3) is 5.91 Å². The predicted molar refractivity (Wildman–Crippen MR) is 136 cm³/mol. The Labute approximate surface area is 213 Å². The molecule has 1 N–H and O–H groups in total. The molecule has 36 heavy (non-hydrogen) atoms. The molecule has 4 rings (SSSR count). The summed E-state index contributed by atoms with van der Waals surface area (Å²) in [6.45, 7) is 1.95. The number of carbonyl (C=O) groups excluding carboxylic acids is 2. The first-order chi connectivity index (χ1) is 17.5. The van der Waals surface area contributed by atoms with E-state index in [0.29, 0.717) is 27.4 Å². The lowest BCUT2D eigenvalue weighted by molar-refractivity contribution is -0.112. The number of rotatable bonds is 8. The van der Waals surface area contributed by atoms with E-state index in [2.05, 4.69) is 5.32 Å². The first kappa shape index (κ1) is 25.1. The summed E-state index contributed by atoms with van der Waals surface area (Å²) in [6, 6.07) is 15.1. The molecule has 2 aromatic carbocycles. The van der Waals surface area contributed by atoms with E-state index in [1.807, 2.05) is 6.07 Å². The molecule has 1 aromatic heterocycles. The fraction of sp³-hybridized carbons (Fsp3) is 0.250. The molecule has 1 aliphatic carbocycles. The van der Waals surface area contributed by atoms with Crippen molar-refractivity contribution in [2.45, 2.75) is 39.2 Å². The van der Waals surface area contributed by atoms with Gasteiger partial charge in [0.05, 0.1) is 12.2 Å². The minimum Gasteiger partial charge on any atom is -0.488 e. The van der Waals surface area contributed by atoms with Gasteiger partial charge in [-0.15, -0.1) is 11.3 Å². The molecular weight excluding hydrogens is 479 g/mol. The van der Waals surface area contributed by atoms with Crippen LogP contribution >= 0.6 is 11.3 Å². The average molecular weight is 505 g/mol. The van der Waals surface area contributed by atoms with Gasteiger partial charge >= 0.3 is 5.97 Å². The number of nitriles is 1. The summed E-state index contributed by atoms with van der Waals surface area (Å²) in [5.74, 6) is -1.08. The number of nitrogens with zero attached hydrogens (tertiary/aromatic N) is 1. The zero-order chi connectivity index (χ0) is 25.5. The number of esters is 1. The molecule has 0 fully saturated rings. The highest BCUT2D eigenvalue weighted by Gasteiger charge is 2.27. The van der Waals surface area contributed by atoms with Gasteiger partial charge in [0.1, 0.15) is 34.8 Å². The van der Waals surface area contributed by atoms with Crippen molar-refractivity contribution >= 4 is 34.3 Å². The summed E-state index contributed by atoms with van der Waals surface area (Å²) in [5.41, 5.74) is 2.04. The van der Waals surface area contributed by atoms with Crippen molar-refractivity contribution in [3.8, 4) is 11.8 Å². The molecule has 0 spiro atoms. The zero-order valence-corrected chi connectivity index (χ0v) is 20.6. The Hall–Kier alpha value is -3.96. The number of benzene rings is 2. The maximum atomic E-state index is 14.0. The zero-order valence-electron chi connectivity index (χ0n) is 19.8. The van der Waals surface area contributed by atoms with Crippen LogP contribution < -0.4 is 10.1 Å². The van der Waals surface area contributed by atoms with Gasteiger partial charge in [0.2, 0.25) is 0 Å². The van der Waals surface area contributed by atoms with Gasteiger partial charge < -0.3 is 14.8 Å². The topological polar surface area (TPSA) is 88.4 Å². The number of amides is 1. The summed E-state index contributed by atoms with van der Waals surface area (Å²) in [7, 11) is 0. The molecule has 0 saturated carbocycles.